The second-order valence-electron chi connectivity index (χ2n) is 3.25. The Kier molecular flexibility index (Phi) is 3.06. The number of rotatable bonds is 3. The van der Waals surface area contributed by atoms with Crippen molar-refractivity contribution in [3.63, 3.8) is 0 Å². The fourth-order valence-corrected chi connectivity index (χ4v) is 2.14. The van der Waals surface area contributed by atoms with Crippen molar-refractivity contribution in [1.82, 2.24) is 0 Å². The molecular formula is C7H4Cl2F5NO2S. The quantitative estimate of drug-likeness (QED) is 0.307. The van der Waals surface area contributed by atoms with Gasteiger partial charge in [-0.3, -0.25) is 10.1 Å². The zero-order valence-corrected chi connectivity index (χ0v) is 10.5. The third kappa shape index (κ3) is 3.36. The zero-order chi connectivity index (χ0) is 14.4. The van der Waals surface area contributed by atoms with Gasteiger partial charge in [0.1, 0.15) is 9.73 Å². The van der Waals surface area contributed by atoms with Crippen molar-refractivity contribution in [1.29, 1.82) is 0 Å². The van der Waals surface area contributed by atoms with Crippen LogP contribution < -0.4 is 0 Å². The van der Waals surface area contributed by atoms with Crippen LogP contribution in [0.15, 0.2) is 23.1 Å². The Morgan fingerprint density at radius 3 is 2.00 bits per heavy atom. The molecule has 104 valence electrons. The molecule has 0 aromatic heterocycles. The molecule has 0 bridgehead atoms. The van der Waals surface area contributed by atoms with Crippen LogP contribution in [-0.2, 0) is 0 Å². The third-order valence-electron chi connectivity index (χ3n) is 1.88. The van der Waals surface area contributed by atoms with Gasteiger partial charge >= 0.3 is 10.2 Å². The average Bonchev–Trinajstić information content (AvgIpc) is 2.13. The molecule has 0 aliphatic carbocycles. The van der Waals surface area contributed by atoms with Gasteiger partial charge in [0.05, 0.1) is 10.5 Å². The molecule has 0 amide bonds. The van der Waals surface area contributed by atoms with Crippen molar-refractivity contribution in [2.75, 3.05) is 0 Å². The van der Waals surface area contributed by atoms with Gasteiger partial charge in [-0.25, -0.2) is 0 Å². The summed E-state index contributed by atoms with van der Waals surface area (Å²) in [5.41, 5.74) is -1.70. The van der Waals surface area contributed by atoms with E-state index in [1.807, 2.05) is 0 Å². The van der Waals surface area contributed by atoms with Crippen molar-refractivity contribution < 1.29 is 24.4 Å². The summed E-state index contributed by atoms with van der Waals surface area (Å²) in [5.74, 6) is 0. The fraction of sp³-hybridized carbons (Fsp3) is 0.143. The van der Waals surface area contributed by atoms with Crippen LogP contribution in [0.3, 0.4) is 0 Å². The Balaban J connectivity index is 3.58. The molecule has 0 atom stereocenters. The maximum atomic E-state index is 12.5. The summed E-state index contributed by atoms with van der Waals surface area (Å²) in [5, 5.41) is 10.5. The lowest BCUT2D eigenvalue weighted by atomic mass is 10.2. The monoisotopic (exact) mass is 331 g/mol. The van der Waals surface area contributed by atoms with E-state index in [9.17, 15) is 29.5 Å². The average molecular weight is 332 g/mol. The third-order valence-corrected chi connectivity index (χ3v) is 3.49. The lowest BCUT2D eigenvalue weighted by molar-refractivity contribution is -0.385. The lowest BCUT2D eigenvalue weighted by Crippen LogP contribution is -2.07. The van der Waals surface area contributed by atoms with Crippen LogP contribution in [0.5, 0.6) is 0 Å². The van der Waals surface area contributed by atoms with Gasteiger partial charge < -0.3 is 0 Å². The van der Waals surface area contributed by atoms with E-state index in [2.05, 4.69) is 0 Å². The van der Waals surface area contributed by atoms with Crippen molar-refractivity contribution in [2.45, 2.75) is 9.73 Å². The van der Waals surface area contributed by atoms with Crippen LogP contribution in [0.25, 0.3) is 0 Å². The lowest BCUT2D eigenvalue weighted by Gasteiger charge is -2.40. The first-order valence-electron chi connectivity index (χ1n) is 4.03. The molecule has 0 radical (unpaired) electrons. The second-order valence-corrected chi connectivity index (χ2v) is 6.75. The molecule has 0 heterocycles. The Morgan fingerprint density at radius 2 is 1.67 bits per heavy atom. The Hall–Kier alpha value is -0.800. The van der Waals surface area contributed by atoms with E-state index >= 15 is 0 Å². The van der Waals surface area contributed by atoms with Gasteiger partial charge in [0, 0.05) is 6.07 Å². The molecular weight excluding hydrogens is 328 g/mol. The summed E-state index contributed by atoms with van der Waals surface area (Å²) in [6, 6.07) is 0.115. The maximum absolute atomic E-state index is 12.5. The minimum absolute atomic E-state index is 0.0701. The molecule has 1 aromatic rings. The first kappa shape index (κ1) is 15.3. The van der Waals surface area contributed by atoms with Gasteiger partial charge in [0.15, 0.2) is 0 Å². The zero-order valence-electron chi connectivity index (χ0n) is 8.13. The molecule has 0 aliphatic heterocycles. The van der Waals surface area contributed by atoms with E-state index in [0.29, 0.717) is 6.07 Å². The summed E-state index contributed by atoms with van der Waals surface area (Å²) in [4.78, 5) is 5.40. The summed E-state index contributed by atoms with van der Waals surface area (Å²) < 4.78 is 62.3. The van der Waals surface area contributed by atoms with Crippen LogP contribution >= 0.6 is 33.4 Å². The largest absolute Gasteiger partial charge is 0.310 e. The number of nitro groups is 1. The van der Waals surface area contributed by atoms with Gasteiger partial charge in [-0.1, -0.05) is 42.6 Å². The Labute approximate surface area is 107 Å². The van der Waals surface area contributed by atoms with E-state index in [1.54, 1.807) is 0 Å². The molecule has 0 unspecified atom stereocenters. The highest BCUT2D eigenvalue weighted by atomic mass is 35.5. The van der Waals surface area contributed by atoms with Gasteiger partial charge in [0.25, 0.3) is 5.69 Å². The van der Waals surface area contributed by atoms with Crippen LogP contribution in [0.1, 0.15) is 10.4 Å². The van der Waals surface area contributed by atoms with Crippen LogP contribution in [0.2, 0.25) is 0 Å². The normalized spacial score (nSPS) is 16.2. The van der Waals surface area contributed by atoms with Gasteiger partial charge in [-0.05, 0) is 12.1 Å². The van der Waals surface area contributed by atoms with Crippen LogP contribution in [0, 0.1) is 10.1 Å². The summed E-state index contributed by atoms with van der Waals surface area (Å²) in [6.07, 6.45) is 0. The number of hydrogen-bond donors (Lipinski definition) is 0. The Bertz CT molecular complexity index is 518. The molecule has 0 aliphatic rings. The molecule has 3 nitrogen and oxygen atoms in total. The SMILES string of the molecule is O=[N+]([O-])c1ccc(S(F)(F)(F)(F)F)cc1C(Cl)Cl. The molecule has 18 heavy (non-hydrogen) atoms. The molecule has 1 rings (SSSR count). The fourth-order valence-electron chi connectivity index (χ4n) is 1.11. The first-order chi connectivity index (χ1) is 7.72. The molecule has 11 heteroatoms. The molecule has 0 spiro atoms. The van der Waals surface area contributed by atoms with E-state index in [-0.39, 0.29) is 12.1 Å². The number of benzene rings is 1. The predicted octanol–water partition coefficient (Wildman–Crippen LogP) is 5.73. The smallest absolute Gasteiger partial charge is 0.258 e. The first-order valence-corrected chi connectivity index (χ1v) is 6.85. The number of nitro benzene ring substituents is 1. The van der Waals surface area contributed by atoms with Gasteiger partial charge in [0.2, 0.25) is 0 Å². The number of halogens is 7. The van der Waals surface area contributed by atoms with Gasteiger partial charge in [-0.2, -0.15) is 0 Å². The topological polar surface area (TPSA) is 43.1 Å². The molecule has 0 N–H and O–H groups in total. The minimum Gasteiger partial charge on any atom is -0.258 e. The predicted molar refractivity (Wildman–Crippen MR) is 58.9 cm³/mol. The van der Waals surface area contributed by atoms with E-state index in [1.165, 1.54) is 0 Å². The maximum Gasteiger partial charge on any atom is 0.310 e. The van der Waals surface area contributed by atoms with Crippen molar-refractivity contribution in [3.8, 4) is 0 Å². The van der Waals surface area contributed by atoms with Gasteiger partial charge in [-0.15, -0.1) is 0 Å². The van der Waals surface area contributed by atoms with Crippen LogP contribution in [-0.4, -0.2) is 4.92 Å². The standard InChI is InChI=1S/C7H4Cl2F5NO2S/c8-7(9)5-3-4(18(10,11,12,13)14)1-2-6(5)15(16)17/h1-3,7H. The van der Waals surface area contributed by atoms with Crippen molar-refractivity contribution in [3.05, 3.63) is 33.9 Å². The molecule has 0 fully saturated rings. The number of nitrogens with zero attached hydrogens (tertiary/aromatic N) is 1. The molecule has 0 saturated carbocycles. The number of alkyl halides is 2. The highest BCUT2D eigenvalue weighted by Crippen LogP contribution is 3.02. The van der Waals surface area contributed by atoms with E-state index < -0.39 is 36.1 Å². The van der Waals surface area contributed by atoms with Crippen molar-refractivity contribution >= 4 is 39.1 Å². The van der Waals surface area contributed by atoms with Crippen molar-refractivity contribution in [2.24, 2.45) is 0 Å². The second kappa shape index (κ2) is 3.61. The highest BCUT2D eigenvalue weighted by Gasteiger charge is 2.65. The highest BCUT2D eigenvalue weighted by molar-refractivity contribution is 8.45. The molecule has 0 saturated heterocycles. The Morgan fingerprint density at radius 1 is 1.17 bits per heavy atom. The summed E-state index contributed by atoms with van der Waals surface area (Å²) in [6.45, 7) is 0. The number of hydrogen-bond acceptors (Lipinski definition) is 2. The summed E-state index contributed by atoms with van der Waals surface area (Å²) >= 11 is 10.5. The van der Waals surface area contributed by atoms with E-state index in [0.717, 1.165) is 0 Å². The van der Waals surface area contributed by atoms with Crippen LogP contribution in [0.4, 0.5) is 25.1 Å². The minimum atomic E-state index is -9.92. The summed E-state index contributed by atoms with van der Waals surface area (Å²) in [7, 11) is -9.92. The van der Waals surface area contributed by atoms with E-state index in [4.69, 9.17) is 23.2 Å². The molecule has 1 aromatic carbocycles.